The van der Waals surface area contributed by atoms with Gasteiger partial charge in [0.1, 0.15) is 17.4 Å². The molecule has 0 saturated carbocycles. The number of halogens is 3. The first kappa shape index (κ1) is 23.5. The third kappa shape index (κ3) is 6.90. The Morgan fingerprint density at radius 3 is 2.29 bits per heavy atom. The van der Waals surface area contributed by atoms with Crippen molar-refractivity contribution < 1.29 is 27.5 Å². The monoisotopic (exact) mass is 442 g/mol. The quantitative estimate of drug-likeness (QED) is 0.395. The molecule has 0 spiro atoms. The lowest BCUT2D eigenvalue weighted by Gasteiger charge is -2.18. The molecule has 10 nitrogen and oxygen atoms in total. The van der Waals surface area contributed by atoms with Gasteiger partial charge in [-0.3, -0.25) is 19.4 Å². The van der Waals surface area contributed by atoms with Crippen molar-refractivity contribution >= 4 is 29.3 Å². The highest BCUT2D eigenvalue weighted by molar-refractivity contribution is 5.98. The Labute approximate surface area is 174 Å². The van der Waals surface area contributed by atoms with Crippen molar-refractivity contribution in [1.29, 1.82) is 0 Å². The number of aromatic nitrogens is 2. The van der Waals surface area contributed by atoms with Gasteiger partial charge in [-0.05, 0) is 36.6 Å². The van der Waals surface area contributed by atoms with Gasteiger partial charge < -0.3 is 26.8 Å². The van der Waals surface area contributed by atoms with E-state index in [-0.39, 0.29) is 23.4 Å². The summed E-state index contributed by atoms with van der Waals surface area (Å²) < 4.78 is 40.6. The lowest BCUT2D eigenvalue weighted by atomic mass is 10.0. The summed E-state index contributed by atoms with van der Waals surface area (Å²) in [7, 11) is 0. The molecule has 0 aliphatic carbocycles. The summed E-state index contributed by atoms with van der Waals surface area (Å²) in [5, 5.41) is 5.34. The molecule has 0 fully saturated rings. The average molecular weight is 442 g/mol. The second kappa shape index (κ2) is 9.36. The van der Waals surface area contributed by atoms with Crippen molar-refractivity contribution in [1.82, 2.24) is 9.97 Å². The van der Waals surface area contributed by atoms with E-state index in [9.17, 15) is 27.6 Å². The molecule has 1 atom stereocenters. The lowest BCUT2D eigenvalue weighted by Crippen LogP contribution is -2.38. The van der Waals surface area contributed by atoms with Crippen LogP contribution >= 0.6 is 0 Å². The number of H-pyrrole nitrogens is 1. The number of amides is 2. The summed E-state index contributed by atoms with van der Waals surface area (Å²) in [5.41, 5.74) is 9.40. The topological polar surface area (TPSA) is 165 Å². The Bertz CT molecular complexity index is 1000. The van der Waals surface area contributed by atoms with Crippen LogP contribution in [0, 0.1) is 5.92 Å². The van der Waals surface area contributed by atoms with Gasteiger partial charge >= 0.3 is 6.36 Å². The highest BCUT2D eigenvalue weighted by atomic mass is 19.4. The van der Waals surface area contributed by atoms with Crippen molar-refractivity contribution in [3.63, 3.8) is 0 Å². The number of nitrogens with zero attached hydrogens (tertiary/aromatic N) is 1. The molecule has 168 valence electrons. The van der Waals surface area contributed by atoms with E-state index in [2.05, 4.69) is 25.3 Å². The van der Waals surface area contributed by atoms with Crippen molar-refractivity contribution in [2.75, 3.05) is 10.6 Å². The minimum Gasteiger partial charge on any atom is -0.406 e. The number of primary amides is 2. The molecule has 0 radical (unpaired) electrons. The number of nitrogens with one attached hydrogen (secondary N) is 3. The number of carbonyl (C=O) groups excluding carboxylic acids is 2. The maximum absolute atomic E-state index is 12.3. The van der Waals surface area contributed by atoms with Crippen LogP contribution in [-0.4, -0.2) is 34.2 Å². The van der Waals surface area contributed by atoms with Gasteiger partial charge in [-0.2, -0.15) is 4.98 Å². The molecule has 13 heteroatoms. The fourth-order valence-electron chi connectivity index (χ4n) is 2.62. The van der Waals surface area contributed by atoms with Gasteiger partial charge in [0, 0.05) is 5.69 Å². The zero-order valence-corrected chi connectivity index (χ0v) is 16.5. The van der Waals surface area contributed by atoms with E-state index in [1.54, 1.807) is 0 Å². The molecular formula is C18H21F3N6O4. The first-order valence-corrected chi connectivity index (χ1v) is 8.98. The average Bonchev–Trinajstić information content (AvgIpc) is 2.60. The zero-order valence-electron chi connectivity index (χ0n) is 16.5. The minimum absolute atomic E-state index is 0.0941. The smallest absolute Gasteiger partial charge is 0.406 e. The zero-order chi connectivity index (χ0) is 23.3. The van der Waals surface area contributed by atoms with Crippen LogP contribution in [0.1, 0.15) is 30.6 Å². The van der Waals surface area contributed by atoms with Gasteiger partial charge in [0.05, 0.1) is 0 Å². The molecule has 0 bridgehead atoms. The number of anilines is 3. The molecule has 0 aliphatic rings. The molecule has 0 aliphatic heterocycles. The summed E-state index contributed by atoms with van der Waals surface area (Å²) in [6.45, 7) is 3.73. The van der Waals surface area contributed by atoms with Crippen LogP contribution in [0.2, 0.25) is 0 Å². The SMILES string of the molecule is CC(C)CC(Nc1nc(Nc2ccc(OC(F)(F)F)cc2)c(C(N)=O)c(=O)[nH]1)C(N)=O. The molecule has 2 rings (SSSR count). The summed E-state index contributed by atoms with van der Waals surface area (Å²) in [6.07, 6.45) is -4.50. The van der Waals surface area contributed by atoms with Gasteiger partial charge in [-0.15, -0.1) is 13.2 Å². The number of alkyl halides is 3. The fourth-order valence-corrected chi connectivity index (χ4v) is 2.62. The number of nitrogens with two attached hydrogens (primary N) is 2. The van der Waals surface area contributed by atoms with E-state index in [1.165, 1.54) is 12.1 Å². The van der Waals surface area contributed by atoms with Crippen molar-refractivity contribution in [2.24, 2.45) is 17.4 Å². The highest BCUT2D eigenvalue weighted by Gasteiger charge is 2.31. The third-order valence-corrected chi connectivity index (χ3v) is 3.88. The maximum atomic E-state index is 12.3. The third-order valence-electron chi connectivity index (χ3n) is 3.88. The first-order valence-electron chi connectivity index (χ1n) is 8.98. The van der Waals surface area contributed by atoms with E-state index in [4.69, 9.17) is 11.5 Å². The molecule has 0 saturated heterocycles. The summed E-state index contributed by atoms with van der Waals surface area (Å²) in [5.74, 6) is -2.56. The molecule has 2 amide bonds. The largest absolute Gasteiger partial charge is 0.573 e. The van der Waals surface area contributed by atoms with Crippen molar-refractivity contribution in [3.8, 4) is 5.75 Å². The van der Waals surface area contributed by atoms with Crippen LogP contribution in [0.25, 0.3) is 0 Å². The van der Waals surface area contributed by atoms with Gasteiger partial charge in [0.15, 0.2) is 5.82 Å². The summed E-state index contributed by atoms with van der Waals surface area (Å²) in [4.78, 5) is 42.1. The van der Waals surface area contributed by atoms with E-state index >= 15 is 0 Å². The van der Waals surface area contributed by atoms with Crippen LogP contribution in [0.15, 0.2) is 29.1 Å². The van der Waals surface area contributed by atoms with Crippen LogP contribution in [0.5, 0.6) is 5.75 Å². The predicted molar refractivity (Wildman–Crippen MR) is 106 cm³/mol. The maximum Gasteiger partial charge on any atom is 0.573 e. The highest BCUT2D eigenvalue weighted by Crippen LogP contribution is 2.25. The summed E-state index contributed by atoms with van der Waals surface area (Å²) in [6, 6.07) is 3.63. The molecule has 1 aromatic carbocycles. The fraction of sp³-hybridized carbons (Fsp3) is 0.333. The van der Waals surface area contributed by atoms with Crippen LogP contribution < -0.4 is 32.4 Å². The second-order valence-electron chi connectivity index (χ2n) is 6.93. The Morgan fingerprint density at radius 1 is 1.19 bits per heavy atom. The number of hydrogen-bond acceptors (Lipinski definition) is 7. The van der Waals surface area contributed by atoms with E-state index in [0.717, 1.165) is 12.1 Å². The van der Waals surface area contributed by atoms with Crippen molar-refractivity contribution in [3.05, 3.63) is 40.2 Å². The number of benzene rings is 1. The number of aromatic amines is 1. The lowest BCUT2D eigenvalue weighted by molar-refractivity contribution is -0.274. The molecular weight excluding hydrogens is 421 g/mol. The Morgan fingerprint density at radius 2 is 1.81 bits per heavy atom. The number of carbonyl (C=O) groups is 2. The predicted octanol–water partition coefficient (Wildman–Crippen LogP) is 1.82. The Balaban J connectivity index is 2.35. The normalized spacial score (nSPS) is 12.3. The molecule has 31 heavy (non-hydrogen) atoms. The Hall–Kier alpha value is -3.77. The minimum atomic E-state index is -4.85. The van der Waals surface area contributed by atoms with Crippen LogP contribution in [0.3, 0.4) is 0 Å². The van der Waals surface area contributed by atoms with E-state index in [1.807, 2.05) is 13.8 Å². The van der Waals surface area contributed by atoms with Crippen LogP contribution in [-0.2, 0) is 4.79 Å². The molecule has 2 aromatic rings. The molecule has 1 unspecified atom stereocenters. The number of hydrogen-bond donors (Lipinski definition) is 5. The molecule has 1 heterocycles. The van der Waals surface area contributed by atoms with Crippen molar-refractivity contribution in [2.45, 2.75) is 32.7 Å². The van der Waals surface area contributed by atoms with Crippen LogP contribution in [0.4, 0.5) is 30.6 Å². The first-order chi connectivity index (χ1) is 14.4. The molecule has 7 N–H and O–H groups in total. The molecule has 1 aromatic heterocycles. The number of rotatable bonds is 9. The van der Waals surface area contributed by atoms with Gasteiger partial charge in [0.25, 0.3) is 11.5 Å². The van der Waals surface area contributed by atoms with E-state index < -0.39 is 41.1 Å². The summed E-state index contributed by atoms with van der Waals surface area (Å²) >= 11 is 0. The van der Waals surface area contributed by atoms with Gasteiger partial charge in [-0.1, -0.05) is 13.8 Å². The second-order valence-corrected chi connectivity index (χ2v) is 6.93. The Kier molecular flexibility index (Phi) is 7.10. The van der Waals surface area contributed by atoms with E-state index in [0.29, 0.717) is 6.42 Å². The standard InChI is InChI=1S/C18H21F3N6O4/c1-8(2)7-11(13(22)28)25-17-26-15(12(14(23)29)16(30)27-17)24-9-3-5-10(6-4-9)31-18(19,20)21/h3-6,8,11H,7H2,1-2H3,(H2,22,28)(H2,23,29)(H3,24,25,26,27,30). The number of ether oxygens (including phenoxy) is 1. The van der Waals surface area contributed by atoms with Gasteiger partial charge in [0.2, 0.25) is 11.9 Å². The van der Waals surface area contributed by atoms with Gasteiger partial charge in [-0.25, -0.2) is 0 Å².